The second kappa shape index (κ2) is 7.80. The predicted octanol–water partition coefficient (Wildman–Crippen LogP) is 3.83. The number of rotatable bonds is 6. The van der Waals surface area contributed by atoms with Gasteiger partial charge in [-0.1, -0.05) is 48.5 Å². The smallest absolute Gasteiger partial charge is 0.307 e. The first-order valence-electron chi connectivity index (χ1n) is 9.62. The van der Waals surface area contributed by atoms with Crippen LogP contribution in [0.1, 0.15) is 22.3 Å². The minimum atomic E-state index is -0.825. The Bertz CT molecular complexity index is 1090. The predicted molar refractivity (Wildman–Crippen MR) is 115 cm³/mol. The average Bonchev–Trinajstić information content (AvgIpc) is 3.10. The van der Waals surface area contributed by atoms with Gasteiger partial charge in [-0.05, 0) is 52.4 Å². The minimum Gasteiger partial charge on any atom is -0.481 e. The number of fused-ring (bicyclic) bond motifs is 1. The molecule has 0 aliphatic carbocycles. The molecular formula is C24H23N3O2. The minimum absolute atomic E-state index is 0.0218. The number of carboxylic acids is 1. The number of aliphatic carboxylic acids is 1. The number of nitrogens with two attached hydrogens (primary N) is 1. The SMILES string of the molecule is N=C(N)c1ccc2c(c1)CCN2Cc1ccccc1-c1cccc(CC(=O)O)c1. The van der Waals surface area contributed by atoms with Crippen LogP contribution in [0.5, 0.6) is 0 Å². The molecule has 0 amide bonds. The fourth-order valence-electron chi connectivity index (χ4n) is 3.97. The number of hydrogen-bond donors (Lipinski definition) is 3. The lowest BCUT2D eigenvalue weighted by atomic mass is 9.97. The molecule has 1 aliphatic heterocycles. The average molecular weight is 385 g/mol. The van der Waals surface area contributed by atoms with Crippen LogP contribution in [0.25, 0.3) is 11.1 Å². The molecule has 5 nitrogen and oxygen atoms in total. The molecule has 1 heterocycles. The Labute approximate surface area is 169 Å². The van der Waals surface area contributed by atoms with E-state index in [2.05, 4.69) is 23.1 Å². The van der Waals surface area contributed by atoms with Crippen LogP contribution >= 0.6 is 0 Å². The highest BCUT2D eigenvalue weighted by Crippen LogP contribution is 2.32. The number of anilines is 1. The van der Waals surface area contributed by atoms with Crippen LogP contribution in [0.2, 0.25) is 0 Å². The van der Waals surface area contributed by atoms with Gasteiger partial charge in [-0.2, -0.15) is 0 Å². The Balaban J connectivity index is 1.63. The molecule has 0 aromatic heterocycles. The second-order valence-corrected chi connectivity index (χ2v) is 7.36. The molecule has 5 heteroatoms. The van der Waals surface area contributed by atoms with Gasteiger partial charge < -0.3 is 15.7 Å². The summed E-state index contributed by atoms with van der Waals surface area (Å²) >= 11 is 0. The van der Waals surface area contributed by atoms with Gasteiger partial charge in [0.05, 0.1) is 6.42 Å². The van der Waals surface area contributed by atoms with E-state index in [1.165, 1.54) is 16.8 Å². The molecule has 3 aromatic carbocycles. The summed E-state index contributed by atoms with van der Waals surface area (Å²) in [5.41, 5.74) is 12.9. The molecule has 0 fully saturated rings. The maximum Gasteiger partial charge on any atom is 0.307 e. The molecule has 4 N–H and O–H groups in total. The zero-order valence-electron chi connectivity index (χ0n) is 16.1. The molecule has 0 unspecified atom stereocenters. The Morgan fingerprint density at radius 2 is 1.90 bits per heavy atom. The number of carbonyl (C=O) groups is 1. The lowest BCUT2D eigenvalue weighted by molar-refractivity contribution is -0.136. The molecule has 0 saturated heterocycles. The third kappa shape index (κ3) is 3.99. The first-order chi connectivity index (χ1) is 14.0. The monoisotopic (exact) mass is 385 g/mol. The Kier molecular flexibility index (Phi) is 5.04. The van der Waals surface area contributed by atoms with Gasteiger partial charge >= 0.3 is 5.97 Å². The van der Waals surface area contributed by atoms with Crippen molar-refractivity contribution in [2.24, 2.45) is 5.73 Å². The van der Waals surface area contributed by atoms with Gasteiger partial charge in [0.1, 0.15) is 5.84 Å². The summed E-state index contributed by atoms with van der Waals surface area (Å²) in [6.07, 6.45) is 0.959. The molecule has 4 rings (SSSR count). The van der Waals surface area contributed by atoms with Crippen LogP contribution in [-0.4, -0.2) is 23.5 Å². The molecule has 0 atom stereocenters. The van der Waals surface area contributed by atoms with Gasteiger partial charge in [0.2, 0.25) is 0 Å². The fraction of sp³-hybridized carbons (Fsp3) is 0.167. The number of hydrogen-bond acceptors (Lipinski definition) is 3. The van der Waals surface area contributed by atoms with Crippen LogP contribution in [0.3, 0.4) is 0 Å². The molecule has 0 radical (unpaired) electrons. The van der Waals surface area contributed by atoms with E-state index < -0.39 is 5.97 Å². The van der Waals surface area contributed by atoms with Crippen molar-refractivity contribution in [2.45, 2.75) is 19.4 Å². The van der Waals surface area contributed by atoms with Crippen LogP contribution in [0.4, 0.5) is 5.69 Å². The lowest BCUT2D eigenvalue weighted by Gasteiger charge is -2.22. The van der Waals surface area contributed by atoms with E-state index in [9.17, 15) is 4.79 Å². The summed E-state index contributed by atoms with van der Waals surface area (Å²) in [5, 5.41) is 16.7. The van der Waals surface area contributed by atoms with Crippen molar-refractivity contribution in [3.8, 4) is 11.1 Å². The summed E-state index contributed by atoms with van der Waals surface area (Å²) in [4.78, 5) is 13.4. The van der Waals surface area contributed by atoms with Gasteiger partial charge in [0, 0.05) is 24.3 Å². The standard InChI is InChI=1S/C24H23N3O2/c25-24(26)19-8-9-22-18(14-19)10-11-27(22)15-20-5-1-2-7-21(20)17-6-3-4-16(12-17)13-23(28)29/h1-9,12,14H,10-11,13,15H2,(H3,25,26)(H,28,29). The summed E-state index contributed by atoms with van der Waals surface area (Å²) in [6.45, 7) is 1.69. The molecule has 0 saturated carbocycles. The first kappa shape index (κ1) is 18.7. The fourth-order valence-corrected chi connectivity index (χ4v) is 3.97. The molecule has 29 heavy (non-hydrogen) atoms. The van der Waals surface area contributed by atoms with E-state index in [1.807, 2.05) is 48.5 Å². The number of nitrogens with zero attached hydrogens (tertiary/aromatic N) is 1. The molecule has 3 aromatic rings. The van der Waals surface area contributed by atoms with Crippen molar-refractivity contribution in [3.05, 3.63) is 89.0 Å². The van der Waals surface area contributed by atoms with Crippen LogP contribution in [0.15, 0.2) is 66.7 Å². The summed E-state index contributed by atoms with van der Waals surface area (Å²) in [5.74, 6) is -0.730. The van der Waals surface area contributed by atoms with Crippen LogP contribution in [0, 0.1) is 5.41 Å². The van der Waals surface area contributed by atoms with E-state index in [4.69, 9.17) is 16.2 Å². The van der Waals surface area contributed by atoms with E-state index in [0.717, 1.165) is 41.8 Å². The zero-order chi connectivity index (χ0) is 20.4. The van der Waals surface area contributed by atoms with Crippen LogP contribution < -0.4 is 10.6 Å². The van der Waals surface area contributed by atoms with Crippen molar-refractivity contribution in [1.82, 2.24) is 0 Å². The lowest BCUT2D eigenvalue weighted by Crippen LogP contribution is -2.20. The van der Waals surface area contributed by atoms with E-state index in [-0.39, 0.29) is 12.3 Å². The van der Waals surface area contributed by atoms with Gasteiger partial charge in [-0.25, -0.2) is 0 Å². The van der Waals surface area contributed by atoms with Crippen LogP contribution in [-0.2, 0) is 24.2 Å². The highest BCUT2D eigenvalue weighted by atomic mass is 16.4. The second-order valence-electron chi connectivity index (χ2n) is 7.36. The van der Waals surface area contributed by atoms with Crippen molar-refractivity contribution >= 4 is 17.5 Å². The van der Waals surface area contributed by atoms with Crippen molar-refractivity contribution in [2.75, 3.05) is 11.4 Å². The summed E-state index contributed by atoms with van der Waals surface area (Å²) < 4.78 is 0. The van der Waals surface area contributed by atoms with Crippen molar-refractivity contribution in [1.29, 1.82) is 5.41 Å². The molecule has 0 spiro atoms. The number of nitrogens with one attached hydrogen (secondary N) is 1. The number of nitrogen functional groups attached to an aromatic ring is 1. The van der Waals surface area contributed by atoms with E-state index in [1.54, 1.807) is 0 Å². The van der Waals surface area contributed by atoms with Gasteiger partial charge in [0.25, 0.3) is 0 Å². The van der Waals surface area contributed by atoms with E-state index in [0.29, 0.717) is 0 Å². The molecule has 0 bridgehead atoms. The maximum absolute atomic E-state index is 11.1. The Hall–Kier alpha value is -3.60. The van der Waals surface area contributed by atoms with Gasteiger partial charge in [0.15, 0.2) is 0 Å². The number of benzene rings is 3. The molecular weight excluding hydrogens is 362 g/mol. The topological polar surface area (TPSA) is 90.4 Å². The highest BCUT2D eigenvalue weighted by Gasteiger charge is 2.21. The first-order valence-corrected chi connectivity index (χ1v) is 9.62. The number of carboxylic acid groups (broad SMARTS) is 1. The maximum atomic E-state index is 11.1. The quantitative estimate of drug-likeness (QED) is 0.444. The Morgan fingerprint density at radius 1 is 1.07 bits per heavy atom. The van der Waals surface area contributed by atoms with E-state index >= 15 is 0 Å². The summed E-state index contributed by atoms with van der Waals surface area (Å²) in [7, 11) is 0. The van der Waals surface area contributed by atoms with Gasteiger partial charge in [-0.15, -0.1) is 0 Å². The van der Waals surface area contributed by atoms with Gasteiger partial charge in [-0.3, -0.25) is 10.2 Å². The number of amidine groups is 1. The highest BCUT2D eigenvalue weighted by molar-refractivity contribution is 5.95. The Morgan fingerprint density at radius 3 is 2.69 bits per heavy atom. The normalized spacial score (nSPS) is 12.6. The summed E-state index contributed by atoms with van der Waals surface area (Å²) in [6, 6.07) is 22.0. The largest absolute Gasteiger partial charge is 0.481 e. The van der Waals surface area contributed by atoms with Crippen molar-refractivity contribution in [3.63, 3.8) is 0 Å². The molecule has 1 aliphatic rings. The third-order valence-electron chi connectivity index (χ3n) is 5.35. The van der Waals surface area contributed by atoms with Crippen molar-refractivity contribution < 1.29 is 9.90 Å². The molecule has 146 valence electrons. The zero-order valence-corrected chi connectivity index (χ0v) is 16.1. The third-order valence-corrected chi connectivity index (χ3v) is 5.35.